The van der Waals surface area contributed by atoms with Gasteiger partial charge in [-0.25, -0.2) is 10.1 Å². The summed E-state index contributed by atoms with van der Waals surface area (Å²) in [6.07, 6.45) is 4.78. The quantitative estimate of drug-likeness (QED) is 0.432. The van der Waals surface area contributed by atoms with Crippen LogP contribution in [-0.2, 0) is 19.3 Å². The predicted molar refractivity (Wildman–Crippen MR) is 158 cm³/mol. The van der Waals surface area contributed by atoms with Gasteiger partial charge in [-0.2, -0.15) is 0 Å². The van der Waals surface area contributed by atoms with Gasteiger partial charge in [-0.3, -0.25) is 29.1 Å². The van der Waals surface area contributed by atoms with E-state index in [1.165, 1.54) is 37.2 Å². The summed E-state index contributed by atoms with van der Waals surface area (Å²) >= 11 is 0. The zero-order chi connectivity index (χ0) is 29.1. The summed E-state index contributed by atoms with van der Waals surface area (Å²) in [4.78, 5) is 40.0. The molecule has 0 saturated carbocycles. The Morgan fingerprint density at radius 1 is 0.700 bits per heavy atom. The predicted octanol–water partition coefficient (Wildman–Crippen LogP) is 4.96. The molecule has 8 nitrogen and oxygen atoms in total. The fourth-order valence-corrected chi connectivity index (χ4v) is 5.73. The van der Waals surface area contributed by atoms with Crippen molar-refractivity contribution in [3.05, 3.63) is 71.8 Å². The molecule has 0 bridgehead atoms. The first kappa shape index (κ1) is 31.7. The van der Waals surface area contributed by atoms with Crippen molar-refractivity contribution >= 4 is 11.8 Å². The van der Waals surface area contributed by atoms with Crippen molar-refractivity contribution in [2.45, 2.75) is 51.6 Å². The number of hydrogen-bond acceptors (Lipinski definition) is 6. The van der Waals surface area contributed by atoms with Crippen LogP contribution >= 0.6 is 0 Å². The number of hydroxylamine groups is 4. The Kier molecular flexibility index (Phi) is 12.6. The van der Waals surface area contributed by atoms with E-state index in [9.17, 15) is 9.59 Å². The summed E-state index contributed by atoms with van der Waals surface area (Å²) in [6, 6.07) is 19.5. The number of likely N-dealkylation sites (tertiary alicyclic amines) is 2. The molecule has 40 heavy (non-hydrogen) atoms. The summed E-state index contributed by atoms with van der Waals surface area (Å²) in [6.45, 7) is 8.35. The van der Waals surface area contributed by atoms with Crippen molar-refractivity contribution in [3.63, 3.8) is 0 Å². The highest BCUT2D eigenvalue weighted by Gasteiger charge is 2.33. The molecule has 4 atom stereocenters. The van der Waals surface area contributed by atoms with Crippen LogP contribution in [0.1, 0.15) is 62.7 Å². The van der Waals surface area contributed by atoms with E-state index in [0.29, 0.717) is 11.8 Å². The van der Waals surface area contributed by atoms with E-state index in [-0.39, 0.29) is 23.9 Å². The highest BCUT2D eigenvalue weighted by molar-refractivity contribution is 5.82. The van der Waals surface area contributed by atoms with E-state index < -0.39 is 0 Å². The number of hydrogen-bond donors (Lipinski definition) is 0. The molecule has 8 heteroatoms. The van der Waals surface area contributed by atoms with Crippen LogP contribution in [0.15, 0.2) is 60.7 Å². The lowest BCUT2D eigenvalue weighted by atomic mass is 9.95. The Hall–Kier alpha value is -2.78. The Morgan fingerprint density at radius 2 is 1.05 bits per heavy atom. The van der Waals surface area contributed by atoms with Gasteiger partial charge in [-0.1, -0.05) is 74.5 Å². The van der Waals surface area contributed by atoms with Gasteiger partial charge < -0.3 is 0 Å². The molecule has 2 heterocycles. The third kappa shape index (κ3) is 8.61. The Bertz CT molecular complexity index is 954. The SMILES string of the molecule is CON(C)C(=O)[C@@H](c1ccccc1)N1CCC[C@H](C)C1.CON(C)C(=O)[C@H](c1ccccc1)N1CCC[C@H](C)C1. The van der Waals surface area contributed by atoms with Gasteiger partial charge in [-0.15, -0.1) is 0 Å². The Morgan fingerprint density at radius 3 is 1.35 bits per heavy atom. The number of amides is 2. The summed E-state index contributed by atoms with van der Waals surface area (Å²) in [5.74, 6) is 1.26. The first-order valence-electron chi connectivity index (χ1n) is 14.5. The highest BCUT2D eigenvalue weighted by Crippen LogP contribution is 2.29. The summed E-state index contributed by atoms with van der Waals surface area (Å²) in [7, 11) is 6.40. The molecular weight excluding hydrogens is 504 g/mol. The zero-order valence-electron chi connectivity index (χ0n) is 25.2. The van der Waals surface area contributed by atoms with Gasteiger partial charge >= 0.3 is 0 Å². The third-order valence-corrected chi connectivity index (χ3v) is 7.97. The zero-order valence-corrected chi connectivity index (χ0v) is 25.2. The number of carbonyl (C=O) groups is 2. The van der Waals surface area contributed by atoms with Crippen molar-refractivity contribution in [2.24, 2.45) is 11.8 Å². The standard InChI is InChI=1S/2C16H24N2O2/c2*1-13-8-7-11-18(12-13)15(16(19)17(2)20-3)14-9-5-4-6-10-14/h2*4-6,9-10,13,15H,7-8,11-12H2,1-3H3/t13-,15+;13-,15-/m00/s1. The van der Waals surface area contributed by atoms with Gasteiger partial charge in [0.05, 0.1) is 14.2 Å². The first-order chi connectivity index (χ1) is 19.3. The van der Waals surface area contributed by atoms with Crippen molar-refractivity contribution < 1.29 is 19.3 Å². The lowest BCUT2D eigenvalue weighted by Crippen LogP contribution is -2.45. The van der Waals surface area contributed by atoms with Gasteiger partial charge in [0.15, 0.2) is 0 Å². The van der Waals surface area contributed by atoms with Gasteiger partial charge in [-0.05, 0) is 61.7 Å². The number of piperidine rings is 2. The van der Waals surface area contributed by atoms with E-state index in [2.05, 4.69) is 23.6 Å². The third-order valence-electron chi connectivity index (χ3n) is 7.97. The minimum absolute atomic E-state index is 0.00667. The fraction of sp³-hybridized carbons (Fsp3) is 0.562. The smallest absolute Gasteiger partial charge is 0.267 e. The maximum absolute atomic E-state index is 12.6. The molecule has 2 aliphatic rings. The maximum atomic E-state index is 12.6. The molecule has 4 rings (SSSR count). The molecule has 0 radical (unpaired) electrons. The van der Waals surface area contributed by atoms with Crippen molar-refractivity contribution in [1.82, 2.24) is 19.9 Å². The monoisotopic (exact) mass is 552 g/mol. The summed E-state index contributed by atoms with van der Waals surface area (Å²) < 4.78 is 0. The molecule has 0 aromatic heterocycles. The van der Waals surface area contributed by atoms with Gasteiger partial charge in [0.2, 0.25) is 0 Å². The second-order valence-electron chi connectivity index (χ2n) is 11.1. The molecule has 0 aliphatic carbocycles. The van der Waals surface area contributed by atoms with Crippen LogP contribution in [0.2, 0.25) is 0 Å². The van der Waals surface area contributed by atoms with Crippen LogP contribution in [-0.4, -0.2) is 86.2 Å². The fourth-order valence-electron chi connectivity index (χ4n) is 5.73. The largest absolute Gasteiger partial charge is 0.288 e. The van der Waals surface area contributed by atoms with Crippen LogP contribution < -0.4 is 0 Å². The van der Waals surface area contributed by atoms with E-state index in [4.69, 9.17) is 9.68 Å². The summed E-state index contributed by atoms with van der Waals surface area (Å²) in [5, 5.41) is 2.66. The normalized spacial score (nSPS) is 21.4. The topological polar surface area (TPSA) is 65.6 Å². The van der Waals surface area contributed by atoms with Crippen LogP contribution in [0.25, 0.3) is 0 Å². The van der Waals surface area contributed by atoms with E-state index >= 15 is 0 Å². The van der Waals surface area contributed by atoms with Crippen LogP contribution in [0.5, 0.6) is 0 Å². The van der Waals surface area contributed by atoms with E-state index in [1.807, 2.05) is 60.7 Å². The maximum Gasteiger partial charge on any atom is 0.267 e. The van der Waals surface area contributed by atoms with Crippen LogP contribution in [0, 0.1) is 11.8 Å². The molecule has 2 aromatic rings. The molecule has 2 aromatic carbocycles. The average molecular weight is 553 g/mol. The molecule has 2 fully saturated rings. The van der Waals surface area contributed by atoms with Crippen LogP contribution in [0.4, 0.5) is 0 Å². The van der Waals surface area contributed by atoms with Gasteiger partial charge in [0.25, 0.3) is 11.8 Å². The second kappa shape index (κ2) is 15.9. The molecule has 2 amide bonds. The molecular formula is C32H48N4O4. The van der Waals surface area contributed by atoms with E-state index in [1.54, 1.807) is 14.1 Å². The molecule has 220 valence electrons. The molecule has 0 unspecified atom stereocenters. The highest BCUT2D eigenvalue weighted by atomic mass is 16.7. The molecule has 0 spiro atoms. The van der Waals surface area contributed by atoms with Gasteiger partial charge in [0, 0.05) is 27.2 Å². The Labute approximate surface area is 240 Å². The lowest BCUT2D eigenvalue weighted by molar-refractivity contribution is -0.176. The van der Waals surface area contributed by atoms with Crippen molar-refractivity contribution in [3.8, 4) is 0 Å². The molecule has 2 aliphatic heterocycles. The average Bonchev–Trinajstić information content (AvgIpc) is 2.98. The van der Waals surface area contributed by atoms with Crippen LogP contribution in [0.3, 0.4) is 0 Å². The first-order valence-corrected chi connectivity index (χ1v) is 14.5. The molecule has 2 saturated heterocycles. The minimum atomic E-state index is -0.246. The van der Waals surface area contributed by atoms with E-state index in [0.717, 1.165) is 50.1 Å². The molecule has 0 N–H and O–H groups in total. The lowest BCUT2D eigenvalue weighted by Gasteiger charge is -2.37. The summed E-state index contributed by atoms with van der Waals surface area (Å²) in [5.41, 5.74) is 2.08. The number of benzene rings is 2. The number of nitrogens with zero attached hydrogens (tertiary/aromatic N) is 4. The number of rotatable bonds is 8. The minimum Gasteiger partial charge on any atom is -0.288 e. The van der Waals surface area contributed by atoms with Gasteiger partial charge in [0.1, 0.15) is 12.1 Å². The second-order valence-corrected chi connectivity index (χ2v) is 11.1. The van der Waals surface area contributed by atoms with Crippen molar-refractivity contribution in [2.75, 3.05) is 54.5 Å². The van der Waals surface area contributed by atoms with Crippen molar-refractivity contribution in [1.29, 1.82) is 0 Å². The number of carbonyl (C=O) groups excluding carboxylic acids is 2. The number of likely N-dealkylation sites (N-methyl/N-ethyl adjacent to an activating group) is 2. The Balaban J connectivity index is 0.000000220.